The summed E-state index contributed by atoms with van der Waals surface area (Å²) in [5.41, 5.74) is 12.1. The van der Waals surface area contributed by atoms with Crippen LogP contribution >= 0.6 is 0 Å². The van der Waals surface area contributed by atoms with E-state index >= 15 is 0 Å². The van der Waals surface area contributed by atoms with Crippen molar-refractivity contribution >= 4 is 5.71 Å². The first-order valence-electron chi connectivity index (χ1n) is 11.8. The Morgan fingerprint density at radius 1 is 0.800 bits per heavy atom. The van der Waals surface area contributed by atoms with Crippen LogP contribution in [0.25, 0.3) is 22.6 Å². The summed E-state index contributed by atoms with van der Waals surface area (Å²) >= 11 is 0. The Morgan fingerprint density at radius 2 is 1.46 bits per heavy atom. The number of aromatic nitrogens is 4. The first-order chi connectivity index (χ1) is 17.2. The molecule has 0 spiro atoms. The number of nitrogens with zero attached hydrogens (tertiary/aromatic N) is 5. The van der Waals surface area contributed by atoms with Gasteiger partial charge in [0.1, 0.15) is 12.1 Å². The van der Waals surface area contributed by atoms with Crippen LogP contribution in [0, 0.1) is 13.8 Å². The molecule has 3 aromatic carbocycles. The third kappa shape index (κ3) is 3.93. The molecule has 6 rings (SSSR count). The minimum Gasteiger partial charge on any atom is -0.302 e. The summed E-state index contributed by atoms with van der Waals surface area (Å²) in [4.78, 5) is 4.47. The smallest absolute Gasteiger partial charge is 0.147 e. The number of imidazole rings is 1. The van der Waals surface area contributed by atoms with Crippen molar-refractivity contribution in [2.75, 3.05) is 0 Å². The minimum absolute atomic E-state index is 0.0222. The SMILES string of the molecule is Cc1cn(-c2c(C3CC(c4ccc(-c5ccccc5)cc4)=NN3)c(C)nn2-c2ccccc2)cn1. The number of hydrogen-bond donors (Lipinski definition) is 1. The van der Waals surface area contributed by atoms with Crippen molar-refractivity contribution in [2.45, 2.75) is 26.3 Å². The minimum atomic E-state index is 0.0222. The van der Waals surface area contributed by atoms with Gasteiger partial charge in [0.05, 0.1) is 28.8 Å². The molecule has 6 heteroatoms. The molecule has 0 saturated carbocycles. The van der Waals surface area contributed by atoms with E-state index in [9.17, 15) is 0 Å². The summed E-state index contributed by atoms with van der Waals surface area (Å²) in [6, 6.07) is 29.3. The van der Waals surface area contributed by atoms with Crippen molar-refractivity contribution in [2.24, 2.45) is 5.10 Å². The largest absolute Gasteiger partial charge is 0.302 e. The maximum atomic E-state index is 4.93. The average Bonchev–Trinajstić information content (AvgIpc) is 3.63. The Bertz CT molecular complexity index is 1490. The number of benzene rings is 3. The molecule has 1 aliphatic heterocycles. The molecule has 35 heavy (non-hydrogen) atoms. The Hall–Kier alpha value is -4.45. The molecule has 172 valence electrons. The zero-order chi connectivity index (χ0) is 23.8. The Balaban J connectivity index is 1.33. The third-order valence-corrected chi connectivity index (χ3v) is 6.46. The van der Waals surface area contributed by atoms with E-state index in [0.717, 1.165) is 46.2 Å². The molecule has 0 aliphatic carbocycles. The van der Waals surface area contributed by atoms with E-state index in [4.69, 9.17) is 10.2 Å². The molecule has 0 bridgehead atoms. The van der Waals surface area contributed by atoms with Gasteiger partial charge in [-0.05, 0) is 42.7 Å². The Morgan fingerprint density at radius 3 is 2.14 bits per heavy atom. The number of aryl methyl sites for hydroxylation is 2. The van der Waals surface area contributed by atoms with Gasteiger partial charge in [-0.1, -0.05) is 72.8 Å². The van der Waals surface area contributed by atoms with Gasteiger partial charge < -0.3 is 5.43 Å². The summed E-state index contributed by atoms with van der Waals surface area (Å²) in [5.74, 6) is 0.989. The van der Waals surface area contributed by atoms with Gasteiger partial charge in [-0.3, -0.25) is 4.57 Å². The fourth-order valence-corrected chi connectivity index (χ4v) is 4.74. The average molecular weight is 459 g/mol. The highest BCUT2D eigenvalue weighted by atomic mass is 15.4. The fraction of sp³-hybridized carbons (Fsp3) is 0.138. The molecule has 2 aromatic heterocycles. The van der Waals surface area contributed by atoms with Gasteiger partial charge in [-0.25, -0.2) is 9.67 Å². The molecule has 0 amide bonds. The van der Waals surface area contributed by atoms with E-state index in [1.165, 1.54) is 11.1 Å². The van der Waals surface area contributed by atoms with E-state index in [-0.39, 0.29) is 6.04 Å². The molecule has 0 radical (unpaired) electrons. The lowest BCUT2D eigenvalue weighted by molar-refractivity contribution is 0.612. The van der Waals surface area contributed by atoms with Crippen LogP contribution in [-0.2, 0) is 0 Å². The third-order valence-electron chi connectivity index (χ3n) is 6.46. The molecule has 1 N–H and O–H groups in total. The maximum absolute atomic E-state index is 4.93. The van der Waals surface area contributed by atoms with Gasteiger partial charge in [0.25, 0.3) is 0 Å². The van der Waals surface area contributed by atoms with Gasteiger partial charge >= 0.3 is 0 Å². The Kier molecular flexibility index (Phi) is 5.26. The zero-order valence-electron chi connectivity index (χ0n) is 19.8. The van der Waals surface area contributed by atoms with Gasteiger partial charge in [-0.15, -0.1) is 0 Å². The maximum Gasteiger partial charge on any atom is 0.147 e. The molecule has 6 nitrogen and oxygen atoms in total. The fourth-order valence-electron chi connectivity index (χ4n) is 4.74. The number of rotatable bonds is 5. The topological polar surface area (TPSA) is 60.0 Å². The van der Waals surface area contributed by atoms with Crippen LogP contribution < -0.4 is 5.43 Å². The summed E-state index contributed by atoms with van der Waals surface area (Å²) < 4.78 is 4.06. The lowest BCUT2D eigenvalue weighted by Gasteiger charge is -2.15. The van der Waals surface area contributed by atoms with Crippen molar-refractivity contribution in [1.29, 1.82) is 0 Å². The van der Waals surface area contributed by atoms with Crippen molar-refractivity contribution in [1.82, 2.24) is 24.8 Å². The van der Waals surface area contributed by atoms with Crippen LogP contribution in [0.4, 0.5) is 0 Å². The highest BCUT2D eigenvalue weighted by Gasteiger charge is 2.30. The molecule has 0 fully saturated rings. The van der Waals surface area contributed by atoms with Gasteiger partial charge in [0.15, 0.2) is 0 Å². The van der Waals surface area contributed by atoms with Crippen LogP contribution in [0.1, 0.15) is 35.0 Å². The zero-order valence-corrected chi connectivity index (χ0v) is 19.8. The molecule has 0 saturated heterocycles. The first kappa shape index (κ1) is 21.1. The molecule has 1 unspecified atom stereocenters. The van der Waals surface area contributed by atoms with Crippen LogP contribution in [0.3, 0.4) is 0 Å². The second-order valence-electron chi connectivity index (χ2n) is 8.88. The van der Waals surface area contributed by atoms with E-state index in [2.05, 4.69) is 82.6 Å². The van der Waals surface area contributed by atoms with Crippen LogP contribution in [0.5, 0.6) is 0 Å². The summed E-state index contributed by atoms with van der Waals surface area (Å²) in [7, 11) is 0. The molecular weight excluding hydrogens is 432 g/mol. The van der Waals surface area contributed by atoms with E-state index in [1.807, 2.05) is 48.4 Å². The van der Waals surface area contributed by atoms with Gasteiger partial charge in [-0.2, -0.15) is 10.2 Å². The highest BCUT2D eigenvalue weighted by Crippen LogP contribution is 2.33. The van der Waals surface area contributed by atoms with Gasteiger partial charge in [0, 0.05) is 18.2 Å². The Labute approximate surface area is 204 Å². The highest BCUT2D eigenvalue weighted by molar-refractivity contribution is 6.02. The summed E-state index contributed by atoms with van der Waals surface area (Å²) in [6.07, 6.45) is 4.68. The second-order valence-corrected chi connectivity index (χ2v) is 8.88. The van der Waals surface area contributed by atoms with Crippen LogP contribution in [0.15, 0.2) is 103 Å². The lowest BCUT2D eigenvalue weighted by atomic mass is 9.97. The monoisotopic (exact) mass is 458 g/mol. The van der Waals surface area contributed by atoms with Gasteiger partial charge in [0.2, 0.25) is 0 Å². The molecular formula is C29H26N6. The van der Waals surface area contributed by atoms with E-state index in [0.29, 0.717) is 0 Å². The molecule has 3 heterocycles. The predicted octanol–water partition coefficient (Wildman–Crippen LogP) is 5.78. The normalized spacial score (nSPS) is 15.1. The number of hydrazone groups is 1. The van der Waals surface area contributed by atoms with Crippen molar-refractivity contribution < 1.29 is 0 Å². The lowest BCUT2D eigenvalue weighted by Crippen LogP contribution is -2.14. The standard InChI is InChI=1S/C29H26N6/c1-20-18-34(19-30-20)29-28(21(2)33-35(29)25-11-7-4-8-12-25)27-17-26(31-32-27)24-15-13-23(14-16-24)22-9-5-3-6-10-22/h3-16,18-19,27,32H,17H2,1-2H3. The number of nitrogens with one attached hydrogen (secondary N) is 1. The van der Waals surface area contributed by atoms with E-state index in [1.54, 1.807) is 0 Å². The predicted molar refractivity (Wildman–Crippen MR) is 139 cm³/mol. The van der Waals surface area contributed by atoms with Crippen molar-refractivity contribution in [3.05, 3.63) is 120 Å². The quantitative estimate of drug-likeness (QED) is 0.363. The van der Waals surface area contributed by atoms with Crippen molar-refractivity contribution in [3.8, 4) is 22.6 Å². The van der Waals surface area contributed by atoms with E-state index < -0.39 is 0 Å². The van der Waals surface area contributed by atoms with Crippen LogP contribution in [-0.4, -0.2) is 25.0 Å². The van der Waals surface area contributed by atoms with Crippen LogP contribution in [0.2, 0.25) is 0 Å². The number of hydrogen-bond acceptors (Lipinski definition) is 4. The number of para-hydroxylation sites is 1. The molecule has 1 atom stereocenters. The summed E-state index contributed by atoms with van der Waals surface area (Å²) in [5, 5.41) is 9.67. The second kappa shape index (κ2) is 8.72. The molecule has 5 aromatic rings. The summed E-state index contributed by atoms with van der Waals surface area (Å²) in [6.45, 7) is 4.07. The van der Waals surface area contributed by atoms with Crippen molar-refractivity contribution in [3.63, 3.8) is 0 Å². The first-order valence-corrected chi connectivity index (χ1v) is 11.8. The molecule has 1 aliphatic rings.